The fraction of sp³-hybridized carbons (Fsp3) is 0.0149. The third kappa shape index (κ3) is 6.06. The Bertz CT molecular complexity index is 3820. The van der Waals surface area contributed by atoms with Gasteiger partial charge in [0.15, 0.2) is 0 Å². The molecule has 0 unspecified atom stereocenters. The van der Waals surface area contributed by atoms with Gasteiger partial charge >= 0.3 is 0 Å². The van der Waals surface area contributed by atoms with Gasteiger partial charge in [0, 0.05) is 33.4 Å². The molecule has 0 atom stereocenters. The average molecular weight is 878 g/mol. The van der Waals surface area contributed by atoms with Gasteiger partial charge in [-0.05, 0) is 138 Å². The Morgan fingerprint density at radius 1 is 0.261 bits per heavy atom. The Morgan fingerprint density at radius 2 is 0.739 bits per heavy atom. The quantitative estimate of drug-likeness (QED) is 0.159. The summed E-state index contributed by atoms with van der Waals surface area (Å²) in [5.41, 5.74) is 24.3. The van der Waals surface area contributed by atoms with E-state index in [1.165, 1.54) is 55.6 Å². The molecule has 0 saturated carbocycles. The molecule has 0 amide bonds. The van der Waals surface area contributed by atoms with E-state index in [1.807, 2.05) is 0 Å². The molecule has 1 aromatic heterocycles. The van der Waals surface area contributed by atoms with E-state index in [-0.39, 0.29) is 0 Å². The van der Waals surface area contributed by atoms with Gasteiger partial charge in [-0.25, -0.2) is 0 Å². The van der Waals surface area contributed by atoms with Crippen LogP contribution in [0.1, 0.15) is 22.3 Å². The number of rotatable bonds is 7. The smallest absolute Gasteiger partial charge is 0.143 e. The summed E-state index contributed by atoms with van der Waals surface area (Å²) in [6, 6.07) is 95.6. The van der Waals surface area contributed by atoms with Crippen molar-refractivity contribution >= 4 is 39.0 Å². The molecule has 12 aromatic rings. The van der Waals surface area contributed by atoms with Crippen LogP contribution in [0.5, 0.6) is 0 Å². The number of fused-ring (bicyclic) bond motifs is 13. The Balaban J connectivity index is 0.963. The lowest BCUT2D eigenvalue weighted by Gasteiger charge is -2.32. The molecule has 69 heavy (non-hydrogen) atoms. The molecule has 322 valence electrons. The highest BCUT2D eigenvalue weighted by molar-refractivity contribution is 6.10. The van der Waals surface area contributed by atoms with Crippen LogP contribution in [0.25, 0.3) is 88.7 Å². The first-order valence-electron chi connectivity index (χ1n) is 23.8. The van der Waals surface area contributed by atoms with Gasteiger partial charge in [-0.2, -0.15) is 0 Å². The Morgan fingerprint density at radius 3 is 1.33 bits per heavy atom. The van der Waals surface area contributed by atoms with Crippen molar-refractivity contribution in [3.05, 3.63) is 283 Å². The van der Waals surface area contributed by atoms with Crippen molar-refractivity contribution in [2.24, 2.45) is 0 Å². The molecular weight excluding hydrogens is 835 g/mol. The number of furan rings is 1. The molecule has 0 aliphatic heterocycles. The fourth-order valence-electron chi connectivity index (χ4n) is 11.6. The predicted molar refractivity (Wildman–Crippen MR) is 286 cm³/mol. The van der Waals surface area contributed by atoms with Gasteiger partial charge in [0.05, 0.1) is 5.41 Å². The summed E-state index contributed by atoms with van der Waals surface area (Å²) in [7, 11) is 0. The SMILES string of the molecule is c1ccc(-c2cc(-c3ccccc3)cc(N(c3ccc(-c4ccc5oc6c(-c7ccccc7)cccc6c5c4)cc3)c3ccc4c(c3)C3(c5ccccc5-c5ccccc53)c3ccccc3-4)c2)cc1. The van der Waals surface area contributed by atoms with Gasteiger partial charge in [0.1, 0.15) is 11.2 Å². The van der Waals surface area contributed by atoms with Crippen molar-refractivity contribution in [1.29, 1.82) is 0 Å². The molecule has 1 heterocycles. The highest BCUT2D eigenvalue weighted by atomic mass is 16.3. The minimum Gasteiger partial charge on any atom is -0.455 e. The van der Waals surface area contributed by atoms with E-state index in [0.29, 0.717) is 0 Å². The fourth-order valence-corrected chi connectivity index (χ4v) is 11.6. The summed E-state index contributed by atoms with van der Waals surface area (Å²) in [5.74, 6) is 0. The molecule has 2 aliphatic rings. The zero-order chi connectivity index (χ0) is 45.5. The number of nitrogens with zero attached hydrogens (tertiary/aromatic N) is 1. The number of benzene rings is 11. The number of hydrogen-bond donors (Lipinski definition) is 0. The maximum Gasteiger partial charge on any atom is 0.143 e. The van der Waals surface area contributed by atoms with Crippen molar-refractivity contribution in [3.63, 3.8) is 0 Å². The summed E-state index contributed by atoms with van der Waals surface area (Å²) in [5, 5.41) is 2.23. The number of hydrogen-bond acceptors (Lipinski definition) is 2. The van der Waals surface area contributed by atoms with Crippen LogP contribution in [0.3, 0.4) is 0 Å². The van der Waals surface area contributed by atoms with Gasteiger partial charge in [-0.3, -0.25) is 0 Å². The molecule has 2 aliphatic carbocycles. The number of para-hydroxylation sites is 1. The second-order valence-corrected chi connectivity index (χ2v) is 18.4. The lowest BCUT2D eigenvalue weighted by Crippen LogP contribution is -2.26. The summed E-state index contributed by atoms with van der Waals surface area (Å²) in [6.45, 7) is 0. The van der Waals surface area contributed by atoms with E-state index < -0.39 is 5.41 Å². The monoisotopic (exact) mass is 877 g/mol. The van der Waals surface area contributed by atoms with E-state index in [1.54, 1.807) is 0 Å². The van der Waals surface area contributed by atoms with E-state index in [2.05, 4.69) is 266 Å². The summed E-state index contributed by atoms with van der Waals surface area (Å²) < 4.78 is 6.58. The van der Waals surface area contributed by atoms with Crippen LogP contribution in [0.2, 0.25) is 0 Å². The molecule has 2 nitrogen and oxygen atoms in total. The lowest BCUT2D eigenvalue weighted by atomic mass is 9.70. The highest BCUT2D eigenvalue weighted by Crippen LogP contribution is 2.63. The van der Waals surface area contributed by atoms with E-state index in [0.717, 1.165) is 72.4 Å². The predicted octanol–water partition coefficient (Wildman–Crippen LogP) is 18.1. The summed E-state index contributed by atoms with van der Waals surface area (Å²) in [4.78, 5) is 2.46. The van der Waals surface area contributed by atoms with Crippen LogP contribution < -0.4 is 4.90 Å². The van der Waals surface area contributed by atoms with E-state index in [9.17, 15) is 0 Å². The van der Waals surface area contributed by atoms with E-state index in [4.69, 9.17) is 4.42 Å². The maximum absolute atomic E-state index is 6.58. The van der Waals surface area contributed by atoms with Gasteiger partial charge in [0.25, 0.3) is 0 Å². The van der Waals surface area contributed by atoms with E-state index >= 15 is 0 Å². The Kier molecular flexibility index (Phi) is 8.84. The zero-order valence-corrected chi connectivity index (χ0v) is 37.7. The molecule has 11 aromatic carbocycles. The number of anilines is 3. The highest BCUT2D eigenvalue weighted by Gasteiger charge is 2.51. The third-order valence-corrected chi connectivity index (χ3v) is 14.7. The summed E-state index contributed by atoms with van der Waals surface area (Å²) >= 11 is 0. The second kappa shape index (κ2) is 15.6. The van der Waals surface area contributed by atoms with Gasteiger partial charge < -0.3 is 9.32 Å². The molecular formula is C67H43NO. The topological polar surface area (TPSA) is 16.4 Å². The van der Waals surface area contributed by atoms with Gasteiger partial charge in [-0.15, -0.1) is 0 Å². The molecule has 0 radical (unpaired) electrons. The minimum atomic E-state index is -0.469. The molecule has 1 spiro atoms. The first-order valence-corrected chi connectivity index (χ1v) is 23.8. The molecule has 2 heteroatoms. The lowest BCUT2D eigenvalue weighted by molar-refractivity contribution is 0.670. The standard InChI is InChI=1S/C67H43NO/c1-4-17-44(18-5-1)49-39-50(45-19-6-2-7-20-45)41-53(40-49)68(51-34-31-46(32-35-51)48-33-38-65-60(42-48)59-27-16-26-54(66(59)69-65)47-21-8-3-9-22-47)52-36-37-58-57-25-12-15-30-63(57)67(64(58)43-52)61-28-13-10-23-55(61)56-24-11-14-29-62(56)67/h1-43H. The average Bonchev–Trinajstić information content (AvgIpc) is 4.06. The zero-order valence-electron chi connectivity index (χ0n) is 37.7. The summed E-state index contributed by atoms with van der Waals surface area (Å²) in [6.07, 6.45) is 0. The van der Waals surface area contributed by atoms with Crippen LogP contribution in [0, 0.1) is 0 Å². The van der Waals surface area contributed by atoms with Crippen molar-refractivity contribution in [2.75, 3.05) is 4.90 Å². The third-order valence-electron chi connectivity index (χ3n) is 14.7. The van der Waals surface area contributed by atoms with Gasteiger partial charge in [0.2, 0.25) is 0 Å². The van der Waals surface area contributed by atoms with Crippen LogP contribution in [0.15, 0.2) is 265 Å². The first kappa shape index (κ1) is 39.2. The Hall–Kier alpha value is -8.98. The van der Waals surface area contributed by atoms with Crippen molar-refractivity contribution in [3.8, 4) is 66.8 Å². The Labute approximate surface area is 401 Å². The molecule has 0 bridgehead atoms. The first-order chi connectivity index (χ1) is 34.2. The molecule has 0 saturated heterocycles. The molecule has 14 rings (SSSR count). The van der Waals surface area contributed by atoms with Crippen LogP contribution in [-0.2, 0) is 5.41 Å². The van der Waals surface area contributed by atoms with Crippen LogP contribution in [0.4, 0.5) is 17.1 Å². The van der Waals surface area contributed by atoms with Crippen molar-refractivity contribution in [2.45, 2.75) is 5.41 Å². The normalized spacial score (nSPS) is 12.8. The van der Waals surface area contributed by atoms with Crippen LogP contribution >= 0.6 is 0 Å². The van der Waals surface area contributed by atoms with Crippen LogP contribution in [-0.4, -0.2) is 0 Å². The van der Waals surface area contributed by atoms with Gasteiger partial charge in [-0.1, -0.05) is 206 Å². The minimum absolute atomic E-state index is 0.469. The molecule has 0 fully saturated rings. The maximum atomic E-state index is 6.58. The van der Waals surface area contributed by atoms with Crippen molar-refractivity contribution < 1.29 is 4.42 Å². The van der Waals surface area contributed by atoms with Crippen molar-refractivity contribution in [1.82, 2.24) is 0 Å². The largest absolute Gasteiger partial charge is 0.455 e. The molecule has 0 N–H and O–H groups in total. The second-order valence-electron chi connectivity index (χ2n) is 18.4.